The molecular formula is C12H23N3. The Hall–Kier alpha value is -0.830. The second-order valence-corrected chi connectivity index (χ2v) is 4.04. The summed E-state index contributed by atoms with van der Waals surface area (Å²) in [5, 5.41) is 3.52. The van der Waals surface area contributed by atoms with Crippen molar-refractivity contribution < 1.29 is 0 Å². The van der Waals surface area contributed by atoms with Crippen LogP contribution in [0.3, 0.4) is 0 Å². The summed E-state index contributed by atoms with van der Waals surface area (Å²) in [6, 6.07) is 0.467. The number of nitrogens with zero attached hydrogens (tertiary/aromatic N) is 2. The molecule has 1 atom stereocenters. The predicted octanol–water partition coefficient (Wildman–Crippen LogP) is 2.65. The normalized spacial score (nSPS) is 13.0. The number of hydrogen-bond acceptors (Lipinski definition) is 2. The summed E-state index contributed by atoms with van der Waals surface area (Å²) in [6.07, 6.45) is 8.95. The summed E-state index contributed by atoms with van der Waals surface area (Å²) >= 11 is 0. The van der Waals surface area contributed by atoms with E-state index in [1.54, 1.807) is 0 Å². The van der Waals surface area contributed by atoms with Crippen LogP contribution in [0.4, 0.5) is 0 Å². The van der Waals surface area contributed by atoms with Crippen LogP contribution < -0.4 is 5.32 Å². The monoisotopic (exact) mass is 209 g/mol. The number of aromatic nitrogens is 2. The number of imidazole rings is 1. The number of unbranched alkanes of at least 4 members (excludes halogenated alkanes) is 2. The van der Waals surface area contributed by atoms with Gasteiger partial charge in [0.1, 0.15) is 0 Å². The maximum absolute atomic E-state index is 4.18. The van der Waals surface area contributed by atoms with E-state index >= 15 is 0 Å². The van der Waals surface area contributed by atoms with E-state index in [-0.39, 0.29) is 0 Å². The van der Waals surface area contributed by atoms with Gasteiger partial charge in [0.25, 0.3) is 0 Å². The molecule has 1 aromatic rings. The lowest BCUT2D eigenvalue weighted by Crippen LogP contribution is -2.22. The molecule has 0 aliphatic rings. The summed E-state index contributed by atoms with van der Waals surface area (Å²) < 4.78 is 2.11. The van der Waals surface area contributed by atoms with E-state index in [1.807, 2.05) is 12.5 Å². The first-order chi connectivity index (χ1) is 7.29. The zero-order valence-corrected chi connectivity index (χ0v) is 10.2. The molecule has 3 heteroatoms. The van der Waals surface area contributed by atoms with Crippen LogP contribution in [0.5, 0.6) is 0 Å². The summed E-state index contributed by atoms with van der Waals surface area (Å²) in [5.74, 6) is 0. The summed E-state index contributed by atoms with van der Waals surface area (Å²) in [4.78, 5) is 4.18. The van der Waals surface area contributed by atoms with Crippen molar-refractivity contribution in [2.45, 2.75) is 45.6 Å². The fourth-order valence-electron chi connectivity index (χ4n) is 1.90. The van der Waals surface area contributed by atoms with E-state index in [4.69, 9.17) is 0 Å². The lowest BCUT2D eigenvalue weighted by atomic mass is 10.1. The molecule has 0 amide bonds. The molecule has 0 aliphatic carbocycles. The minimum Gasteiger partial charge on any atom is -0.336 e. The molecule has 1 heterocycles. The van der Waals surface area contributed by atoms with Crippen LogP contribution in [0.15, 0.2) is 12.5 Å². The molecule has 0 saturated carbocycles. The lowest BCUT2D eigenvalue weighted by Gasteiger charge is -2.18. The highest BCUT2D eigenvalue weighted by Crippen LogP contribution is 2.18. The average Bonchev–Trinajstić information content (AvgIpc) is 2.64. The number of nitrogens with one attached hydrogen (secondary N) is 1. The fraction of sp³-hybridized carbons (Fsp3) is 0.750. The van der Waals surface area contributed by atoms with Gasteiger partial charge in [-0.25, -0.2) is 4.98 Å². The predicted molar refractivity (Wildman–Crippen MR) is 63.8 cm³/mol. The molecule has 86 valence electrons. The largest absolute Gasteiger partial charge is 0.336 e. The van der Waals surface area contributed by atoms with Crippen molar-refractivity contribution in [3.63, 3.8) is 0 Å². The smallest absolute Gasteiger partial charge is 0.0946 e. The molecule has 0 radical (unpaired) electrons. The third kappa shape index (κ3) is 3.67. The standard InChI is InChI=1S/C12H23N3/c1-4-6-7-8-11(14-5-2)12-9-13-10-15(12)3/h9-11,14H,4-8H2,1-3H3. The third-order valence-electron chi connectivity index (χ3n) is 2.76. The second-order valence-electron chi connectivity index (χ2n) is 4.04. The third-order valence-corrected chi connectivity index (χ3v) is 2.76. The fourth-order valence-corrected chi connectivity index (χ4v) is 1.90. The topological polar surface area (TPSA) is 29.9 Å². The van der Waals surface area contributed by atoms with Crippen molar-refractivity contribution in [3.8, 4) is 0 Å². The highest BCUT2D eigenvalue weighted by Gasteiger charge is 2.12. The van der Waals surface area contributed by atoms with Gasteiger partial charge in [-0.05, 0) is 13.0 Å². The van der Waals surface area contributed by atoms with E-state index in [9.17, 15) is 0 Å². The first kappa shape index (κ1) is 12.2. The van der Waals surface area contributed by atoms with Crippen LogP contribution in [-0.2, 0) is 7.05 Å². The molecule has 1 unspecified atom stereocenters. The molecular weight excluding hydrogens is 186 g/mol. The molecule has 15 heavy (non-hydrogen) atoms. The van der Waals surface area contributed by atoms with Crippen molar-refractivity contribution in [3.05, 3.63) is 18.2 Å². The molecule has 1 rings (SSSR count). The molecule has 0 spiro atoms. The molecule has 0 fully saturated rings. The van der Waals surface area contributed by atoms with Crippen molar-refractivity contribution in [1.82, 2.24) is 14.9 Å². The van der Waals surface area contributed by atoms with Gasteiger partial charge < -0.3 is 9.88 Å². The Morgan fingerprint density at radius 1 is 1.40 bits per heavy atom. The summed E-state index contributed by atoms with van der Waals surface area (Å²) in [7, 11) is 2.06. The Morgan fingerprint density at radius 3 is 2.73 bits per heavy atom. The SMILES string of the molecule is CCCCCC(NCC)c1cncn1C. The van der Waals surface area contributed by atoms with Crippen molar-refractivity contribution >= 4 is 0 Å². The van der Waals surface area contributed by atoms with Gasteiger partial charge in [0.2, 0.25) is 0 Å². The summed E-state index contributed by atoms with van der Waals surface area (Å²) in [6.45, 7) is 5.41. The van der Waals surface area contributed by atoms with Crippen molar-refractivity contribution in [2.24, 2.45) is 7.05 Å². The van der Waals surface area contributed by atoms with Crippen LogP contribution in [-0.4, -0.2) is 16.1 Å². The molecule has 0 saturated heterocycles. The molecule has 1 N–H and O–H groups in total. The van der Waals surface area contributed by atoms with Gasteiger partial charge in [0, 0.05) is 19.3 Å². The maximum atomic E-state index is 4.18. The first-order valence-electron chi connectivity index (χ1n) is 5.99. The Labute approximate surface area is 92.9 Å². The molecule has 0 aromatic carbocycles. The van der Waals surface area contributed by atoms with Gasteiger partial charge >= 0.3 is 0 Å². The zero-order chi connectivity index (χ0) is 11.1. The van der Waals surface area contributed by atoms with Crippen LogP contribution in [0.1, 0.15) is 51.3 Å². The van der Waals surface area contributed by atoms with E-state index < -0.39 is 0 Å². The quantitative estimate of drug-likeness (QED) is 0.700. The van der Waals surface area contributed by atoms with Gasteiger partial charge in [-0.15, -0.1) is 0 Å². The second kappa shape index (κ2) is 6.62. The minimum atomic E-state index is 0.467. The lowest BCUT2D eigenvalue weighted by molar-refractivity contribution is 0.466. The molecule has 0 aliphatic heterocycles. The number of rotatable bonds is 7. The van der Waals surface area contributed by atoms with Crippen molar-refractivity contribution in [2.75, 3.05) is 6.54 Å². The van der Waals surface area contributed by atoms with E-state index in [0.29, 0.717) is 6.04 Å². The van der Waals surface area contributed by atoms with Gasteiger partial charge in [-0.3, -0.25) is 0 Å². The van der Waals surface area contributed by atoms with Crippen molar-refractivity contribution in [1.29, 1.82) is 0 Å². The summed E-state index contributed by atoms with van der Waals surface area (Å²) in [5.41, 5.74) is 1.30. The minimum absolute atomic E-state index is 0.467. The zero-order valence-electron chi connectivity index (χ0n) is 10.2. The van der Waals surface area contributed by atoms with E-state index in [0.717, 1.165) is 6.54 Å². The van der Waals surface area contributed by atoms with E-state index in [2.05, 4.69) is 35.8 Å². The van der Waals surface area contributed by atoms with Gasteiger partial charge in [0.05, 0.1) is 12.0 Å². The molecule has 1 aromatic heterocycles. The Balaban J connectivity index is 2.53. The van der Waals surface area contributed by atoms with Crippen LogP contribution in [0, 0.1) is 0 Å². The average molecular weight is 209 g/mol. The first-order valence-corrected chi connectivity index (χ1v) is 5.99. The van der Waals surface area contributed by atoms with Crippen LogP contribution in [0.25, 0.3) is 0 Å². The highest BCUT2D eigenvalue weighted by atomic mass is 15.1. The molecule has 0 bridgehead atoms. The van der Waals surface area contributed by atoms with E-state index in [1.165, 1.54) is 31.4 Å². The van der Waals surface area contributed by atoms with Gasteiger partial charge in [-0.1, -0.05) is 33.1 Å². The Bertz CT molecular complexity index is 268. The van der Waals surface area contributed by atoms with Crippen LogP contribution in [0.2, 0.25) is 0 Å². The number of aryl methyl sites for hydroxylation is 1. The van der Waals surface area contributed by atoms with Crippen LogP contribution >= 0.6 is 0 Å². The maximum Gasteiger partial charge on any atom is 0.0946 e. The van der Waals surface area contributed by atoms with Gasteiger partial charge in [-0.2, -0.15) is 0 Å². The Kier molecular flexibility index (Phi) is 5.40. The highest BCUT2D eigenvalue weighted by molar-refractivity contribution is 5.04. The number of hydrogen-bond donors (Lipinski definition) is 1. The Morgan fingerprint density at radius 2 is 2.20 bits per heavy atom. The van der Waals surface area contributed by atoms with Gasteiger partial charge in [0.15, 0.2) is 0 Å². The molecule has 3 nitrogen and oxygen atoms in total.